The van der Waals surface area contributed by atoms with Gasteiger partial charge in [0.05, 0.1) is 0 Å². The molecule has 0 aliphatic heterocycles. The van der Waals surface area contributed by atoms with Crippen molar-refractivity contribution in [1.29, 1.82) is 0 Å². The SMILES string of the molecule is Cn1cc(C(F)F)c2cccnc21. The van der Waals surface area contributed by atoms with Gasteiger partial charge in [0.25, 0.3) is 6.43 Å². The summed E-state index contributed by atoms with van der Waals surface area (Å²) in [5.74, 6) is 0. The van der Waals surface area contributed by atoms with Crippen molar-refractivity contribution >= 4 is 11.0 Å². The van der Waals surface area contributed by atoms with E-state index >= 15 is 0 Å². The molecule has 2 nitrogen and oxygen atoms in total. The molecule has 0 unspecified atom stereocenters. The highest BCUT2D eigenvalue weighted by Crippen LogP contribution is 2.27. The zero-order chi connectivity index (χ0) is 9.42. The highest BCUT2D eigenvalue weighted by molar-refractivity contribution is 5.80. The Labute approximate surface area is 73.8 Å². The fourth-order valence-electron chi connectivity index (χ4n) is 1.42. The van der Waals surface area contributed by atoms with Crippen LogP contribution < -0.4 is 0 Å². The Morgan fingerprint density at radius 1 is 1.46 bits per heavy atom. The molecule has 2 aromatic rings. The molecule has 0 aromatic carbocycles. The lowest BCUT2D eigenvalue weighted by molar-refractivity contribution is 0.153. The number of aromatic nitrogens is 2. The molecular formula is C9H8F2N2. The van der Waals surface area contributed by atoms with Crippen LogP contribution in [0.25, 0.3) is 11.0 Å². The van der Waals surface area contributed by atoms with Gasteiger partial charge in [-0.2, -0.15) is 0 Å². The van der Waals surface area contributed by atoms with Crippen LogP contribution in [0.15, 0.2) is 24.5 Å². The molecule has 2 rings (SSSR count). The van der Waals surface area contributed by atoms with Gasteiger partial charge in [-0.25, -0.2) is 13.8 Å². The first-order chi connectivity index (χ1) is 6.20. The van der Waals surface area contributed by atoms with Crippen LogP contribution in [0.1, 0.15) is 12.0 Å². The number of fused-ring (bicyclic) bond motifs is 1. The first-order valence-electron chi connectivity index (χ1n) is 3.88. The maximum absolute atomic E-state index is 12.5. The maximum atomic E-state index is 12.5. The minimum Gasteiger partial charge on any atom is -0.335 e. The Balaban J connectivity index is 2.78. The number of alkyl halides is 2. The zero-order valence-electron chi connectivity index (χ0n) is 7.04. The third-order valence-corrected chi connectivity index (χ3v) is 2.00. The first-order valence-corrected chi connectivity index (χ1v) is 3.88. The van der Waals surface area contributed by atoms with Gasteiger partial charge in [0.2, 0.25) is 0 Å². The highest BCUT2D eigenvalue weighted by atomic mass is 19.3. The molecular weight excluding hydrogens is 174 g/mol. The Hall–Kier alpha value is -1.45. The number of hydrogen-bond donors (Lipinski definition) is 0. The smallest absolute Gasteiger partial charge is 0.265 e. The Bertz CT molecular complexity index is 434. The van der Waals surface area contributed by atoms with Crippen LogP contribution in [0.4, 0.5) is 8.78 Å². The van der Waals surface area contributed by atoms with E-state index in [1.54, 1.807) is 29.9 Å². The van der Waals surface area contributed by atoms with Crippen LogP contribution >= 0.6 is 0 Å². The molecule has 68 valence electrons. The van der Waals surface area contributed by atoms with E-state index in [0.717, 1.165) is 0 Å². The molecule has 0 saturated carbocycles. The van der Waals surface area contributed by atoms with Crippen LogP contribution in [0.3, 0.4) is 0 Å². The lowest BCUT2D eigenvalue weighted by Gasteiger charge is -1.93. The summed E-state index contributed by atoms with van der Waals surface area (Å²) in [6.07, 6.45) is 0.577. The molecule has 13 heavy (non-hydrogen) atoms. The molecule has 0 radical (unpaired) electrons. The van der Waals surface area contributed by atoms with E-state index in [-0.39, 0.29) is 5.56 Å². The molecule has 0 spiro atoms. The molecule has 0 aliphatic rings. The van der Waals surface area contributed by atoms with Crippen LogP contribution in [-0.2, 0) is 7.05 Å². The second kappa shape index (κ2) is 2.80. The van der Waals surface area contributed by atoms with Crippen LogP contribution in [0.2, 0.25) is 0 Å². The number of nitrogens with zero attached hydrogens (tertiary/aromatic N) is 2. The van der Waals surface area contributed by atoms with Gasteiger partial charge < -0.3 is 4.57 Å². The number of pyridine rings is 1. The predicted octanol–water partition coefficient (Wildman–Crippen LogP) is 2.51. The second-order valence-electron chi connectivity index (χ2n) is 2.87. The predicted molar refractivity (Wildman–Crippen MR) is 45.7 cm³/mol. The monoisotopic (exact) mass is 182 g/mol. The molecule has 2 aromatic heterocycles. The van der Waals surface area contributed by atoms with Gasteiger partial charge >= 0.3 is 0 Å². The standard InChI is InChI=1S/C9H8F2N2/c1-13-5-7(8(10)11)6-3-2-4-12-9(6)13/h2-5,8H,1H3. The molecule has 0 atom stereocenters. The van der Waals surface area contributed by atoms with Crippen molar-refractivity contribution in [3.05, 3.63) is 30.1 Å². The van der Waals surface area contributed by atoms with Crippen molar-refractivity contribution in [2.45, 2.75) is 6.43 Å². The Kier molecular flexibility index (Phi) is 1.76. The van der Waals surface area contributed by atoms with Gasteiger partial charge in [-0.15, -0.1) is 0 Å². The average molecular weight is 182 g/mol. The van der Waals surface area contributed by atoms with E-state index in [1.165, 1.54) is 6.20 Å². The fourth-order valence-corrected chi connectivity index (χ4v) is 1.42. The van der Waals surface area contributed by atoms with Crippen molar-refractivity contribution in [2.75, 3.05) is 0 Å². The van der Waals surface area contributed by atoms with Gasteiger partial charge in [0.1, 0.15) is 5.65 Å². The van der Waals surface area contributed by atoms with Crippen LogP contribution in [0.5, 0.6) is 0 Å². The fraction of sp³-hybridized carbons (Fsp3) is 0.222. The second-order valence-corrected chi connectivity index (χ2v) is 2.87. The molecule has 0 saturated heterocycles. The Morgan fingerprint density at radius 2 is 2.23 bits per heavy atom. The van der Waals surface area contributed by atoms with Crippen molar-refractivity contribution in [3.63, 3.8) is 0 Å². The van der Waals surface area contributed by atoms with Crippen molar-refractivity contribution in [3.8, 4) is 0 Å². The van der Waals surface area contributed by atoms with Gasteiger partial charge in [0, 0.05) is 30.4 Å². The van der Waals surface area contributed by atoms with Crippen LogP contribution in [0, 0.1) is 0 Å². The summed E-state index contributed by atoms with van der Waals surface area (Å²) in [7, 11) is 1.71. The third kappa shape index (κ3) is 1.18. The summed E-state index contributed by atoms with van der Waals surface area (Å²) in [6, 6.07) is 3.32. The minimum absolute atomic E-state index is 0.0469. The van der Waals surface area contributed by atoms with Crippen molar-refractivity contribution in [2.24, 2.45) is 7.05 Å². The summed E-state index contributed by atoms with van der Waals surface area (Å²) in [4.78, 5) is 4.01. The number of halogens is 2. The van der Waals surface area contributed by atoms with Crippen molar-refractivity contribution in [1.82, 2.24) is 9.55 Å². The molecule has 0 bridgehead atoms. The molecule has 4 heteroatoms. The topological polar surface area (TPSA) is 17.8 Å². The lowest BCUT2D eigenvalue weighted by atomic mass is 10.2. The molecule has 0 fully saturated rings. The van der Waals surface area contributed by atoms with Crippen LogP contribution in [-0.4, -0.2) is 9.55 Å². The zero-order valence-corrected chi connectivity index (χ0v) is 7.04. The van der Waals surface area contributed by atoms with E-state index < -0.39 is 6.43 Å². The molecule has 0 amide bonds. The summed E-state index contributed by atoms with van der Waals surface area (Å²) in [5, 5.41) is 0.528. The quantitative estimate of drug-likeness (QED) is 0.662. The lowest BCUT2D eigenvalue weighted by Crippen LogP contribution is -1.85. The van der Waals surface area contributed by atoms with E-state index in [4.69, 9.17) is 0 Å². The summed E-state index contributed by atoms with van der Waals surface area (Å²) < 4.78 is 26.5. The van der Waals surface area contributed by atoms with E-state index in [9.17, 15) is 8.78 Å². The van der Waals surface area contributed by atoms with Crippen molar-refractivity contribution < 1.29 is 8.78 Å². The summed E-state index contributed by atoms with van der Waals surface area (Å²) >= 11 is 0. The number of rotatable bonds is 1. The van der Waals surface area contributed by atoms with Gasteiger partial charge in [0.15, 0.2) is 0 Å². The summed E-state index contributed by atoms with van der Waals surface area (Å²) in [5.41, 5.74) is 0.642. The third-order valence-electron chi connectivity index (χ3n) is 2.00. The van der Waals surface area contributed by atoms with E-state index in [2.05, 4.69) is 4.98 Å². The van der Waals surface area contributed by atoms with Gasteiger partial charge in [-0.05, 0) is 12.1 Å². The highest BCUT2D eigenvalue weighted by Gasteiger charge is 2.14. The minimum atomic E-state index is -2.44. The largest absolute Gasteiger partial charge is 0.335 e. The number of aryl methyl sites for hydroxylation is 1. The average Bonchev–Trinajstić information content (AvgIpc) is 2.45. The molecule has 0 N–H and O–H groups in total. The molecule has 2 heterocycles. The number of hydrogen-bond acceptors (Lipinski definition) is 1. The maximum Gasteiger partial charge on any atom is 0.265 e. The van der Waals surface area contributed by atoms with E-state index in [0.29, 0.717) is 11.0 Å². The first kappa shape index (κ1) is 8.16. The normalized spacial score (nSPS) is 11.4. The Morgan fingerprint density at radius 3 is 2.92 bits per heavy atom. The van der Waals surface area contributed by atoms with Gasteiger partial charge in [-0.1, -0.05) is 0 Å². The summed E-state index contributed by atoms with van der Waals surface area (Å²) in [6.45, 7) is 0. The molecule has 0 aliphatic carbocycles. The van der Waals surface area contributed by atoms with Gasteiger partial charge in [-0.3, -0.25) is 0 Å². The van der Waals surface area contributed by atoms with E-state index in [1.807, 2.05) is 0 Å².